The van der Waals surface area contributed by atoms with Crippen LogP contribution in [0.2, 0.25) is 10.0 Å². The first-order valence-electron chi connectivity index (χ1n) is 5.31. The fourth-order valence-corrected chi connectivity index (χ4v) is 4.29. The second kappa shape index (κ2) is 5.17. The van der Waals surface area contributed by atoms with Crippen LogP contribution in [-0.4, -0.2) is 31.6 Å². The molecule has 2 rings (SSSR count). The summed E-state index contributed by atoms with van der Waals surface area (Å²) in [5, 5.41) is 0.485. The minimum absolute atomic E-state index is 0.00199. The highest BCUT2D eigenvalue weighted by molar-refractivity contribution is 7.89. The molecule has 0 spiro atoms. The molecule has 0 aromatic heterocycles. The first-order chi connectivity index (χ1) is 8.45. The lowest BCUT2D eigenvalue weighted by Gasteiger charge is -2.19. The average molecular weight is 307 g/mol. The molecule has 97 valence electrons. The van der Waals surface area contributed by atoms with Crippen molar-refractivity contribution in [1.29, 1.82) is 0 Å². The van der Waals surface area contributed by atoms with E-state index in [0.29, 0.717) is 19.4 Å². The summed E-state index contributed by atoms with van der Waals surface area (Å²) in [5.74, 6) is 0. The standard InChI is InChI=1S/C11H10Cl2NO3S/c12-8-4-9(13)6-11(5-8)18(16,17)14-3-1-2-10(14)7-15/h4-6,10H,1-3H2/t10-/m0/s1. The highest BCUT2D eigenvalue weighted by Crippen LogP contribution is 2.28. The van der Waals surface area contributed by atoms with Gasteiger partial charge in [0, 0.05) is 16.6 Å². The van der Waals surface area contributed by atoms with Crippen molar-refractivity contribution in [3.63, 3.8) is 0 Å². The van der Waals surface area contributed by atoms with Gasteiger partial charge in [-0.25, -0.2) is 8.42 Å². The van der Waals surface area contributed by atoms with Crippen molar-refractivity contribution >= 4 is 39.5 Å². The maximum atomic E-state index is 12.3. The van der Waals surface area contributed by atoms with Gasteiger partial charge in [-0.2, -0.15) is 4.31 Å². The summed E-state index contributed by atoms with van der Waals surface area (Å²) in [4.78, 5) is 10.7. The molecule has 0 bridgehead atoms. The Kier molecular flexibility index (Phi) is 3.96. The summed E-state index contributed by atoms with van der Waals surface area (Å²) in [6.45, 7) is 0.312. The normalized spacial score (nSPS) is 21.1. The number of nitrogens with zero attached hydrogens (tertiary/aromatic N) is 1. The first kappa shape index (κ1) is 13.8. The van der Waals surface area contributed by atoms with Gasteiger partial charge < -0.3 is 0 Å². The summed E-state index contributed by atoms with van der Waals surface area (Å²) in [6.07, 6.45) is 2.89. The van der Waals surface area contributed by atoms with Gasteiger partial charge in [-0.15, -0.1) is 0 Å². The minimum Gasteiger partial charge on any atom is -0.289 e. The van der Waals surface area contributed by atoms with Crippen LogP contribution in [0.5, 0.6) is 0 Å². The molecule has 1 aliphatic rings. The van der Waals surface area contributed by atoms with Crippen LogP contribution < -0.4 is 0 Å². The topological polar surface area (TPSA) is 54.5 Å². The molecule has 0 saturated carbocycles. The van der Waals surface area contributed by atoms with Crippen LogP contribution in [0.15, 0.2) is 23.1 Å². The van der Waals surface area contributed by atoms with Crippen LogP contribution >= 0.6 is 23.2 Å². The fourth-order valence-electron chi connectivity index (χ4n) is 1.96. The molecule has 1 atom stereocenters. The van der Waals surface area contributed by atoms with Gasteiger partial charge in [0.1, 0.15) is 0 Å². The van der Waals surface area contributed by atoms with E-state index in [1.807, 2.05) is 0 Å². The van der Waals surface area contributed by atoms with Crippen molar-refractivity contribution in [3.8, 4) is 0 Å². The monoisotopic (exact) mass is 306 g/mol. The Balaban J connectivity index is 2.44. The van der Waals surface area contributed by atoms with Crippen LogP contribution in [0.4, 0.5) is 0 Å². The van der Waals surface area contributed by atoms with Crippen molar-refractivity contribution in [1.82, 2.24) is 4.31 Å². The zero-order chi connectivity index (χ0) is 13.3. The van der Waals surface area contributed by atoms with Gasteiger partial charge in [0.15, 0.2) is 0 Å². The number of sulfonamides is 1. The Morgan fingerprint density at radius 3 is 2.39 bits per heavy atom. The molecule has 1 aromatic carbocycles. The van der Waals surface area contributed by atoms with Crippen LogP contribution in [0.25, 0.3) is 0 Å². The van der Waals surface area contributed by atoms with E-state index in [-0.39, 0.29) is 14.9 Å². The summed E-state index contributed by atoms with van der Waals surface area (Å²) in [6, 6.07) is 3.38. The zero-order valence-electron chi connectivity index (χ0n) is 9.27. The molecule has 1 radical (unpaired) electrons. The molecule has 1 fully saturated rings. The average Bonchev–Trinajstić information content (AvgIpc) is 2.76. The van der Waals surface area contributed by atoms with Crippen LogP contribution in [0.1, 0.15) is 12.8 Å². The van der Waals surface area contributed by atoms with E-state index < -0.39 is 16.1 Å². The Hall–Kier alpha value is -0.620. The van der Waals surface area contributed by atoms with Gasteiger partial charge >= 0.3 is 0 Å². The highest BCUT2D eigenvalue weighted by Gasteiger charge is 2.35. The number of hydrogen-bond donors (Lipinski definition) is 0. The maximum absolute atomic E-state index is 12.3. The Morgan fingerprint density at radius 1 is 1.22 bits per heavy atom. The van der Waals surface area contributed by atoms with Crippen molar-refractivity contribution in [2.75, 3.05) is 6.54 Å². The molecule has 18 heavy (non-hydrogen) atoms. The maximum Gasteiger partial charge on any atom is 0.243 e. The molecular weight excluding hydrogens is 297 g/mol. The second-order valence-corrected chi connectivity index (χ2v) is 6.76. The first-order valence-corrected chi connectivity index (χ1v) is 7.50. The molecule has 1 aliphatic heterocycles. The number of hydrogen-bond acceptors (Lipinski definition) is 3. The van der Waals surface area contributed by atoms with Crippen molar-refractivity contribution < 1.29 is 13.2 Å². The molecule has 1 heterocycles. The second-order valence-electron chi connectivity index (χ2n) is 4.00. The lowest BCUT2D eigenvalue weighted by Crippen LogP contribution is -2.36. The van der Waals surface area contributed by atoms with Gasteiger partial charge in [0.25, 0.3) is 0 Å². The third-order valence-corrected chi connectivity index (χ3v) is 5.10. The Labute approximate surface area is 116 Å². The smallest absolute Gasteiger partial charge is 0.243 e. The van der Waals surface area contributed by atoms with Gasteiger partial charge in [-0.05, 0) is 31.0 Å². The quantitative estimate of drug-likeness (QED) is 0.860. The lowest BCUT2D eigenvalue weighted by molar-refractivity contribution is 0.426. The molecule has 1 aromatic rings. The van der Waals surface area contributed by atoms with Gasteiger partial charge in [0.2, 0.25) is 16.3 Å². The molecule has 4 nitrogen and oxygen atoms in total. The SMILES string of the molecule is O=[C][C@@H]1CCCN1S(=O)(=O)c1cc(Cl)cc(Cl)c1. The largest absolute Gasteiger partial charge is 0.289 e. The molecular formula is C11H10Cl2NO3S. The molecule has 7 heteroatoms. The summed E-state index contributed by atoms with van der Waals surface area (Å²) >= 11 is 11.6. The van der Waals surface area contributed by atoms with E-state index >= 15 is 0 Å². The van der Waals surface area contributed by atoms with E-state index in [2.05, 4.69) is 0 Å². The van der Waals surface area contributed by atoms with Gasteiger partial charge in [-0.3, -0.25) is 4.79 Å². The van der Waals surface area contributed by atoms with Gasteiger partial charge in [-0.1, -0.05) is 23.2 Å². The highest BCUT2D eigenvalue weighted by atomic mass is 35.5. The predicted molar refractivity (Wildman–Crippen MR) is 69.1 cm³/mol. The predicted octanol–water partition coefficient (Wildman–Crippen LogP) is 2.26. The van der Waals surface area contributed by atoms with Gasteiger partial charge in [0.05, 0.1) is 10.9 Å². The number of carbonyl (C=O) groups excluding carboxylic acids is 1. The molecule has 0 aliphatic carbocycles. The summed E-state index contributed by atoms with van der Waals surface area (Å²) < 4.78 is 25.8. The fraction of sp³-hybridized carbons (Fsp3) is 0.364. The molecule has 0 amide bonds. The number of benzene rings is 1. The molecule has 1 saturated heterocycles. The van der Waals surface area contributed by atoms with Crippen molar-refractivity contribution in [2.45, 2.75) is 23.8 Å². The van der Waals surface area contributed by atoms with Crippen molar-refractivity contribution in [2.24, 2.45) is 0 Å². The van der Waals surface area contributed by atoms with Crippen molar-refractivity contribution in [3.05, 3.63) is 28.2 Å². The summed E-state index contributed by atoms with van der Waals surface area (Å²) in [7, 11) is -3.74. The van der Waals surface area contributed by atoms with Crippen LogP contribution in [-0.2, 0) is 14.8 Å². The minimum atomic E-state index is -3.74. The van der Waals surface area contributed by atoms with E-state index in [1.54, 1.807) is 6.29 Å². The van der Waals surface area contributed by atoms with E-state index in [4.69, 9.17) is 23.2 Å². The Bertz CT molecular complexity index is 553. The Morgan fingerprint density at radius 2 is 1.83 bits per heavy atom. The third kappa shape index (κ3) is 2.54. The third-order valence-electron chi connectivity index (χ3n) is 2.78. The summed E-state index contributed by atoms with van der Waals surface area (Å²) in [5.41, 5.74) is 0. The lowest BCUT2D eigenvalue weighted by atomic mass is 10.2. The van der Waals surface area contributed by atoms with E-state index in [9.17, 15) is 13.2 Å². The number of halogens is 2. The van der Waals surface area contributed by atoms with Crippen LogP contribution in [0, 0.1) is 0 Å². The number of rotatable bonds is 3. The molecule has 0 N–H and O–H groups in total. The van der Waals surface area contributed by atoms with Crippen LogP contribution in [0.3, 0.4) is 0 Å². The van der Waals surface area contributed by atoms with E-state index in [0.717, 1.165) is 4.31 Å². The molecule has 0 unspecified atom stereocenters. The zero-order valence-corrected chi connectivity index (χ0v) is 11.6. The van der Waals surface area contributed by atoms with E-state index in [1.165, 1.54) is 18.2 Å².